The topological polar surface area (TPSA) is 117 Å². The van der Waals surface area contributed by atoms with Crippen molar-refractivity contribution in [3.63, 3.8) is 0 Å². The third-order valence-corrected chi connectivity index (χ3v) is 5.60. The Balaban J connectivity index is 1.97. The molecule has 0 saturated carbocycles. The van der Waals surface area contributed by atoms with Crippen LogP contribution in [-0.2, 0) is 4.79 Å². The van der Waals surface area contributed by atoms with Crippen LogP contribution in [0, 0.1) is 0 Å². The second-order valence-electron chi connectivity index (χ2n) is 7.16. The summed E-state index contributed by atoms with van der Waals surface area (Å²) in [6.45, 7) is 1.77. The number of para-hydroxylation sites is 1. The number of benzene rings is 2. The fourth-order valence-corrected chi connectivity index (χ4v) is 3.81. The SMILES string of the molecule is CCC(Nc1nc2c(Br)cccc2c2nc(-c3ccc(OC)cc3OC(F)(F)F)nn12)C(N)=O. The predicted octanol–water partition coefficient (Wildman–Crippen LogP) is 4.29. The predicted molar refractivity (Wildman–Crippen MR) is 122 cm³/mol. The lowest BCUT2D eigenvalue weighted by Crippen LogP contribution is -2.35. The van der Waals surface area contributed by atoms with E-state index in [9.17, 15) is 18.0 Å². The molecule has 178 valence electrons. The zero-order valence-electron chi connectivity index (χ0n) is 17.9. The standard InChI is InChI=1S/C21H18BrF3N6O3/c1-3-14(17(26)32)27-20-28-16-12(5-4-6-13(16)22)19-29-18(30-31(19)20)11-8-7-10(33-2)9-15(11)34-21(23,24)25/h4-9,14H,3H2,1-2H3,(H2,26,32)(H,27,28). The zero-order chi connectivity index (χ0) is 24.6. The molecule has 0 radical (unpaired) electrons. The van der Waals surface area contributed by atoms with E-state index >= 15 is 0 Å². The van der Waals surface area contributed by atoms with Crippen LogP contribution in [0.3, 0.4) is 0 Å². The number of nitrogens with one attached hydrogen (secondary N) is 1. The van der Waals surface area contributed by atoms with Crippen molar-refractivity contribution >= 4 is 44.3 Å². The van der Waals surface area contributed by atoms with Gasteiger partial charge in [-0.05, 0) is 46.6 Å². The molecule has 0 aliphatic heterocycles. The first-order chi connectivity index (χ1) is 16.1. The van der Waals surface area contributed by atoms with E-state index in [0.717, 1.165) is 6.07 Å². The van der Waals surface area contributed by atoms with E-state index in [1.54, 1.807) is 25.1 Å². The fraction of sp³-hybridized carbons (Fsp3) is 0.238. The summed E-state index contributed by atoms with van der Waals surface area (Å²) < 4.78 is 50.4. The zero-order valence-corrected chi connectivity index (χ0v) is 19.4. The van der Waals surface area contributed by atoms with Crippen molar-refractivity contribution in [3.05, 3.63) is 40.9 Å². The highest BCUT2D eigenvalue weighted by Crippen LogP contribution is 2.36. The molecular formula is C21H18BrF3N6O3. The summed E-state index contributed by atoms with van der Waals surface area (Å²) >= 11 is 3.44. The minimum Gasteiger partial charge on any atom is -0.497 e. The first-order valence-electron chi connectivity index (χ1n) is 9.96. The normalized spacial score (nSPS) is 12.6. The van der Waals surface area contributed by atoms with Crippen LogP contribution in [-0.4, -0.2) is 45.0 Å². The summed E-state index contributed by atoms with van der Waals surface area (Å²) in [6, 6.07) is 8.46. The van der Waals surface area contributed by atoms with Gasteiger partial charge < -0.3 is 20.5 Å². The maximum absolute atomic E-state index is 13.1. The maximum atomic E-state index is 13.1. The van der Waals surface area contributed by atoms with Gasteiger partial charge in [0, 0.05) is 15.9 Å². The van der Waals surface area contributed by atoms with Crippen LogP contribution in [0.5, 0.6) is 11.5 Å². The highest BCUT2D eigenvalue weighted by molar-refractivity contribution is 9.10. The number of nitrogens with zero attached hydrogens (tertiary/aromatic N) is 4. The Morgan fingerprint density at radius 3 is 2.68 bits per heavy atom. The number of primary amides is 1. The van der Waals surface area contributed by atoms with Gasteiger partial charge in [0.1, 0.15) is 17.5 Å². The van der Waals surface area contributed by atoms with E-state index in [1.165, 1.54) is 23.8 Å². The second-order valence-corrected chi connectivity index (χ2v) is 8.01. The molecule has 2 heterocycles. The van der Waals surface area contributed by atoms with Gasteiger partial charge in [0.2, 0.25) is 11.9 Å². The third kappa shape index (κ3) is 4.55. The monoisotopic (exact) mass is 538 g/mol. The molecule has 0 spiro atoms. The lowest BCUT2D eigenvalue weighted by Gasteiger charge is -2.15. The minimum atomic E-state index is -4.94. The molecule has 1 amide bonds. The molecule has 3 N–H and O–H groups in total. The Labute approximate surface area is 199 Å². The molecule has 13 heteroatoms. The summed E-state index contributed by atoms with van der Waals surface area (Å²) in [4.78, 5) is 20.8. The van der Waals surface area contributed by atoms with Gasteiger partial charge in [-0.25, -0.2) is 9.97 Å². The van der Waals surface area contributed by atoms with Crippen molar-refractivity contribution in [2.45, 2.75) is 25.7 Å². The number of carbonyl (C=O) groups is 1. The van der Waals surface area contributed by atoms with Crippen molar-refractivity contribution < 1.29 is 27.4 Å². The Bertz CT molecular complexity index is 1390. The first kappa shape index (κ1) is 23.5. The number of alkyl halides is 3. The molecule has 9 nitrogen and oxygen atoms in total. The highest BCUT2D eigenvalue weighted by atomic mass is 79.9. The lowest BCUT2D eigenvalue weighted by atomic mass is 10.2. The lowest BCUT2D eigenvalue weighted by molar-refractivity contribution is -0.274. The van der Waals surface area contributed by atoms with E-state index in [1.807, 2.05) is 0 Å². The van der Waals surface area contributed by atoms with Crippen molar-refractivity contribution in [1.82, 2.24) is 19.6 Å². The first-order valence-corrected chi connectivity index (χ1v) is 10.8. The van der Waals surface area contributed by atoms with Crippen LogP contribution < -0.4 is 20.5 Å². The molecule has 0 aliphatic rings. The highest BCUT2D eigenvalue weighted by Gasteiger charge is 2.33. The van der Waals surface area contributed by atoms with Crippen LogP contribution in [0.1, 0.15) is 13.3 Å². The molecule has 0 saturated heterocycles. The van der Waals surface area contributed by atoms with Crippen molar-refractivity contribution in [2.24, 2.45) is 5.73 Å². The molecular weight excluding hydrogens is 521 g/mol. The number of amides is 1. The minimum absolute atomic E-state index is 0.0159. The van der Waals surface area contributed by atoms with Crippen LogP contribution in [0.4, 0.5) is 19.1 Å². The number of nitrogens with two attached hydrogens (primary N) is 1. The second kappa shape index (κ2) is 8.97. The molecule has 0 aliphatic carbocycles. The average Bonchev–Trinajstić information content (AvgIpc) is 3.22. The molecule has 1 atom stereocenters. The number of ether oxygens (including phenoxy) is 2. The number of carbonyl (C=O) groups excluding carboxylic acids is 1. The Kier molecular flexibility index (Phi) is 6.21. The third-order valence-electron chi connectivity index (χ3n) is 4.96. The summed E-state index contributed by atoms with van der Waals surface area (Å²) in [5.41, 5.74) is 6.26. The molecule has 2 aromatic heterocycles. The van der Waals surface area contributed by atoms with Crippen LogP contribution in [0.25, 0.3) is 27.9 Å². The number of rotatable bonds is 7. The number of methoxy groups -OCH3 is 1. The van der Waals surface area contributed by atoms with Gasteiger partial charge in [-0.3, -0.25) is 4.79 Å². The van der Waals surface area contributed by atoms with Crippen LogP contribution in [0.2, 0.25) is 0 Å². The number of fused-ring (bicyclic) bond motifs is 3. The van der Waals surface area contributed by atoms with E-state index in [4.69, 9.17) is 10.5 Å². The molecule has 4 rings (SSSR count). The molecule has 34 heavy (non-hydrogen) atoms. The average molecular weight is 539 g/mol. The van der Waals surface area contributed by atoms with Crippen LogP contribution >= 0.6 is 15.9 Å². The summed E-state index contributed by atoms with van der Waals surface area (Å²) in [5, 5.41) is 7.91. The van der Waals surface area contributed by atoms with E-state index in [0.29, 0.717) is 27.4 Å². The molecule has 0 bridgehead atoms. The summed E-state index contributed by atoms with van der Waals surface area (Å²) in [5.74, 6) is -0.866. The molecule has 1 unspecified atom stereocenters. The summed E-state index contributed by atoms with van der Waals surface area (Å²) in [7, 11) is 1.33. The summed E-state index contributed by atoms with van der Waals surface area (Å²) in [6.07, 6.45) is -4.57. The maximum Gasteiger partial charge on any atom is 0.573 e. The quantitative estimate of drug-likeness (QED) is 0.360. The van der Waals surface area contributed by atoms with Gasteiger partial charge in [0.15, 0.2) is 11.5 Å². The Morgan fingerprint density at radius 2 is 2.03 bits per heavy atom. The van der Waals surface area contributed by atoms with Crippen molar-refractivity contribution in [1.29, 1.82) is 0 Å². The smallest absolute Gasteiger partial charge is 0.497 e. The number of hydrogen-bond donors (Lipinski definition) is 2. The number of hydrogen-bond acceptors (Lipinski definition) is 7. The Morgan fingerprint density at radius 1 is 1.26 bits per heavy atom. The molecule has 0 fully saturated rings. The van der Waals surface area contributed by atoms with Gasteiger partial charge in [-0.2, -0.15) is 4.52 Å². The van der Waals surface area contributed by atoms with Gasteiger partial charge in [-0.1, -0.05) is 13.0 Å². The fourth-order valence-electron chi connectivity index (χ4n) is 3.36. The number of anilines is 1. The largest absolute Gasteiger partial charge is 0.573 e. The van der Waals surface area contributed by atoms with Crippen LogP contribution in [0.15, 0.2) is 40.9 Å². The van der Waals surface area contributed by atoms with Gasteiger partial charge in [0.05, 0.1) is 18.2 Å². The number of aromatic nitrogens is 4. The number of halogens is 4. The van der Waals surface area contributed by atoms with Gasteiger partial charge in [0.25, 0.3) is 0 Å². The van der Waals surface area contributed by atoms with E-state index in [-0.39, 0.29) is 23.1 Å². The van der Waals surface area contributed by atoms with E-state index in [2.05, 4.69) is 41.1 Å². The van der Waals surface area contributed by atoms with Gasteiger partial charge in [-0.15, -0.1) is 18.3 Å². The van der Waals surface area contributed by atoms with Crippen molar-refractivity contribution in [2.75, 3.05) is 12.4 Å². The van der Waals surface area contributed by atoms with Crippen molar-refractivity contribution in [3.8, 4) is 22.9 Å². The molecule has 2 aromatic carbocycles. The van der Waals surface area contributed by atoms with E-state index < -0.39 is 24.1 Å². The molecule has 4 aromatic rings. The van der Waals surface area contributed by atoms with Gasteiger partial charge >= 0.3 is 6.36 Å². The Hall–Kier alpha value is -3.61.